The summed E-state index contributed by atoms with van der Waals surface area (Å²) in [5.41, 5.74) is 7.94. The van der Waals surface area contributed by atoms with Crippen LogP contribution in [0.2, 0.25) is 0 Å². The van der Waals surface area contributed by atoms with E-state index in [4.69, 9.17) is 4.98 Å². The number of piperidine rings is 1. The molecule has 0 aliphatic carbocycles. The predicted octanol–water partition coefficient (Wildman–Crippen LogP) is 6.96. The van der Waals surface area contributed by atoms with Crippen LogP contribution in [-0.2, 0) is 6.54 Å². The van der Waals surface area contributed by atoms with E-state index in [0.29, 0.717) is 5.56 Å². The van der Waals surface area contributed by atoms with Crippen molar-refractivity contribution in [3.8, 4) is 33.8 Å². The summed E-state index contributed by atoms with van der Waals surface area (Å²) in [4.78, 5) is 15.2. The monoisotopic (exact) mass is 502 g/mol. The fourth-order valence-corrected chi connectivity index (χ4v) is 5.57. The molecule has 1 aliphatic rings. The third-order valence-electron chi connectivity index (χ3n) is 7.48. The van der Waals surface area contributed by atoms with Crippen molar-refractivity contribution in [3.05, 3.63) is 90.6 Å². The molecule has 0 saturated carbocycles. The van der Waals surface area contributed by atoms with Gasteiger partial charge < -0.3 is 4.98 Å². The van der Waals surface area contributed by atoms with Crippen LogP contribution in [0, 0.1) is 5.82 Å². The van der Waals surface area contributed by atoms with E-state index >= 15 is 0 Å². The number of H-pyrrole nitrogens is 2. The lowest BCUT2D eigenvalue weighted by Gasteiger charge is -2.26. The van der Waals surface area contributed by atoms with Gasteiger partial charge in [-0.25, -0.2) is 4.39 Å². The molecule has 188 valence electrons. The van der Waals surface area contributed by atoms with Gasteiger partial charge in [0, 0.05) is 46.4 Å². The third kappa shape index (κ3) is 4.15. The first-order valence-corrected chi connectivity index (χ1v) is 13.1. The highest BCUT2D eigenvalue weighted by Crippen LogP contribution is 2.35. The molecule has 2 aromatic carbocycles. The number of aromatic nitrogens is 5. The maximum Gasteiger partial charge on any atom is 0.131 e. The zero-order chi connectivity index (χ0) is 25.5. The van der Waals surface area contributed by atoms with E-state index < -0.39 is 0 Å². The van der Waals surface area contributed by atoms with Crippen LogP contribution in [0.15, 0.2) is 79.3 Å². The maximum atomic E-state index is 14.6. The molecule has 0 unspecified atom stereocenters. The van der Waals surface area contributed by atoms with Crippen molar-refractivity contribution < 1.29 is 4.39 Å². The van der Waals surface area contributed by atoms with Gasteiger partial charge in [-0.3, -0.25) is 20.0 Å². The van der Waals surface area contributed by atoms with Crippen LogP contribution in [0.4, 0.5) is 4.39 Å². The van der Waals surface area contributed by atoms with Gasteiger partial charge in [-0.15, -0.1) is 0 Å². The summed E-state index contributed by atoms with van der Waals surface area (Å²) in [7, 11) is 0. The predicted molar refractivity (Wildman–Crippen MR) is 149 cm³/mol. The Balaban J connectivity index is 1.26. The minimum absolute atomic E-state index is 0.236. The second kappa shape index (κ2) is 9.50. The summed E-state index contributed by atoms with van der Waals surface area (Å²) in [5.74, 6) is -0.236. The number of hydrogen-bond donors (Lipinski definition) is 2. The Morgan fingerprint density at radius 2 is 1.68 bits per heavy atom. The number of hydrogen-bond acceptors (Lipinski definition) is 4. The highest BCUT2D eigenvalue weighted by molar-refractivity contribution is 6.01. The first kappa shape index (κ1) is 22.8. The van der Waals surface area contributed by atoms with Crippen molar-refractivity contribution in [1.82, 2.24) is 30.0 Å². The average molecular weight is 503 g/mol. The number of halogens is 1. The lowest BCUT2D eigenvalue weighted by molar-refractivity contribution is 0.220. The lowest BCUT2D eigenvalue weighted by atomic mass is 10.0. The molecule has 6 aromatic rings. The molecule has 0 radical (unpaired) electrons. The molecular weight excluding hydrogens is 475 g/mol. The molecule has 38 heavy (non-hydrogen) atoms. The molecule has 4 aromatic heterocycles. The molecule has 6 nitrogen and oxygen atoms in total. The summed E-state index contributed by atoms with van der Waals surface area (Å²) < 4.78 is 14.6. The van der Waals surface area contributed by atoms with Gasteiger partial charge >= 0.3 is 0 Å². The van der Waals surface area contributed by atoms with Crippen molar-refractivity contribution >= 4 is 21.8 Å². The summed E-state index contributed by atoms with van der Waals surface area (Å²) in [6.45, 7) is 3.21. The smallest absolute Gasteiger partial charge is 0.131 e. The van der Waals surface area contributed by atoms with Crippen molar-refractivity contribution in [2.75, 3.05) is 13.1 Å². The molecule has 1 fully saturated rings. The minimum atomic E-state index is -0.236. The topological polar surface area (TPSA) is 73.5 Å². The molecule has 0 spiro atoms. The quantitative estimate of drug-likeness (QED) is 0.267. The molecule has 7 heteroatoms. The second-order valence-corrected chi connectivity index (χ2v) is 10.0. The van der Waals surface area contributed by atoms with Crippen molar-refractivity contribution in [1.29, 1.82) is 0 Å². The summed E-state index contributed by atoms with van der Waals surface area (Å²) in [6, 6.07) is 19.1. The van der Waals surface area contributed by atoms with Gasteiger partial charge in [-0.2, -0.15) is 5.10 Å². The zero-order valence-electron chi connectivity index (χ0n) is 20.9. The number of fused-ring (bicyclic) bond motifs is 2. The molecule has 1 saturated heterocycles. The Kier molecular flexibility index (Phi) is 5.70. The minimum Gasteiger partial charge on any atom is -0.353 e. The van der Waals surface area contributed by atoms with Gasteiger partial charge in [-0.1, -0.05) is 36.8 Å². The summed E-state index contributed by atoms with van der Waals surface area (Å²) >= 11 is 0. The first-order valence-electron chi connectivity index (χ1n) is 13.1. The first-order chi connectivity index (χ1) is 18.7. The van der Waals surface area contributed by atoms with Crippen LogP contribution in [-0.4, -0.2) is 43.1 Å². The van der Waals surface area contributed by atoms with Crippen LogP contribution in [0.1, 0.15) is 24.8 Å². The van der Waals surface area contributed by atoms with Crippen LogP contribution < -0.4 is 0 Å². The van der Waals surface area contributed by atoms with E-state index in [-0.39, 0.29) is 5.82 Å². The van der Waals surface area contributed by atoms with Crippen LogP contribution in [0.25, 0.3) is 55.6 Å². The lowest BCUT2D eigenvalue weighted by Crippen LogP contribution is -2.29. The molecule has 5 heterocycles. The molecule has 1 aliphatic heterocycles. The summed E-state index contributed by atoms with van der Waals surface area (Å²) in [6.07, 6.45) is 9.52. The Bertz CT molecular complexity index is 1760. The Labute approximate surface area is 219 Å². The van der Waals surface area contributed by atoms with E-state index in [9.17, 15) is 4.39 Å². The third-order valence-corrected chi connectivity index (χ3v) is 7.48. The molecule has 0 amide bonds. The van der Waals surface area contributed by atoms with Gasteiger partial charge in [0.15, 0.2) is 0 Å². The van der Waals surface area contributed by atoms with E-state index in [1.54, 1.807) is 6.07 Å². The molecule has 0 bridgehead atoms. The largest absolute Gasteiger partial charge is 0.353 e. The van der Waals surface area contributed by atoms with Gasteiger partial charge in [0.1, 0.15) is 11.5 Å². The van der Waals surface area contributed by atoms with Gasteiger partial charge in [0.25, 0.3) is 0 Å². The van der Waals surface area contributed by atoms with E-state index in [1.807, 2.05) is 55.0 Å². The van der Waals surface area contributed by atoms with Crippen molar-refractivity contribution in [2.24, 2.45) is 0 Å². The Hall–Kier alpha value is -4.36. The molecule has 2 N–H and O–H groups in total. The Morgan fingerprint density at radius 3 is 2.58 bits per heavy atom. The highest BCUT2D eigenvalue weighted by Gasteiger charge is 2.16. The van der Waals surface area contributed by atoms with Crippen molar-refractivity contribution in [2.45, 2.75) is 25.8 Å². The molecule has 7 rings (SSSR count). The molecular formula is C31H27FN6. The number of aromatic amines is 2. The van der Waals surface area contributed by atoms with Crippen LogP contribution >= 0.6 is 0 Å². The standard InChI is InChI=1S/C31H27FN6/c32-26-9-3-2-7-23(26)22-8-6-10-27-24(22)14-29(35-27)31-25-15-28(34-18-30(25)36-37-31)21-13-20(16-33-17-21)19-38-11-4-1-5-12-38/h2-3,6-10,13-18,35H,1,4-5,11-12,19H2,(H,36,37). The normalized spacial score (nSPS) is 14.4. The zero-order valence-corrected chi connectivity index (χ0v) is 20.9. The number of pyridine rings is 2. The van der Waals surface area contributed by atoms with Gasteiger partial charge in [0.2, 0.25) is 0 Å². The van der Waals surface area contributed by atoms with E-state index in [1.165, 1.54) is 30.9 Å². The Morgan fingerprint density at radius 1 is 0.816 bits per heavy atom. The van der Waals surface area contributed by atoms with Crippen LogP contribution in [0.5, 0.6) is 0 Å². The fraction of sp³-hybridized carbons (Fsp3) is 0.194. The van der Waals surface area contributed by atoms with E-state index in [0.717, 1.165) is 69.6 Å². The SMILES string of the molecule is Fc1ccccc1-c1cccc2[nH]c(-c3n[nH]c4cnc(-c5cncc(CN6CCCCC6)c5)cc34)cc12. The number of benzene rings is 2. The average Bonchev–Trinajstić information content (AvgIpc) is 3.58. The van der Waals surface area contributed by atoms with Crippen LogP contribution in [0.3, 0.4) is 0 Å². The number of rotatable bonds is 5. The number of nitrogens with one attached hydrogen (secondary N) is 2. The van der Waals surface area contributed by atoms with E-state index in [2.05, 4.69) is 37.2 Å². The van der Waals surface area contributed by atoms with Gasteiger partial charge in [-0.05, 0) is 67.4 Å². The second-order valence-electron chi connectivity index (χ2n) is 10.0. The fourth-order valence-electron chi connectivity index (χ4n) is 5.57. The van der Waals surface area contributed by atoms with Gasteiger partial charge in [0.05, 0.1) is 23.1 Å². The summed E-state index contributed by atoms with van der Waals surface area (Å²) in [5, 5.41) is 9.65. The maximum absolute atomic E-state index is 14.6. The number of nitrogens with zero attached hydrogens (tertiary/aromatic N) is 4. The highest BCUT2D eigenvalue weighted by atomic mass is 19.1. The number of likely N-dealkylation sites (tertiary alicyclic amines) is 1. The van der Waals surface area contributed by atoms with Crippen molar-refractivity contribution in [3.63, 3.8) is 0 Å². The molecule has 0 atom stereocenters.